The van der Waals surface area contributed by atoms with Crippen molar-refractivity contribution in [2.24, 2.45) is 0 Å². The Kier molecular flexibility index (Phi) is 12.0. The molecule has 2 saturated heterocycles. The summed E-state index contributed by atoms with van der Waals surface area (Å²) in [6, 6.07) is 20.6. The number of H-pyrrole nitrogens is 2. The first-order chi connectivity index (χ1) is 31.7. The lowest BCUT2D eigenvalue weighted by atomic mass is 10.0. The highest BCUT2D eigenvalue weighted by Gasteiger charge is 2.45. The van der Waals surface area contributed by atoms with E-state index < -0.39 is 47.0 Å². The van der Waals surface area contributed by atoms with Gasteiger partial charge in [-0.2, -0.15) is 17.9 Å². The molecule has 3 aliphatic rings. The molecule has 3 aliphatic heterocycles. The Bertz CT molecular complexity index is 2940. The van der Waals surface area contributed by atoms with Gasteiger partial charge in [0.05, 0.1) is 33.4 Å². The van der Waals surface area contributed by atoms with Crippen LogP contribution in [0.5, 0.6) is 5.75 Å². The number of piperazine rings is 1. The van der Waals surface area contributed by atoms with Crippen LogP contribution in [0.25, 0.3) is 28.2 Å². The maximum absolute atomic E-state index is 13.9. The number of anilines is 1. The van der Waals surface area contributed by atoms with Crippen molar-refractivity contribution in [3.05, 3.63) is 128 Å². The van der Waals surface area contributed by atoms with Gasteiger partial charge in [0, 0.05) is 62.0 Å². The predicted octanol–water partition coefficient (Wildman–Crippen LogP) is 5.20. The monoisotopic (exact) mass is 923 g/mol. The Labute approximate surface area is 378 Å². The van der Waals surface area contributed by atoms with E-state index in [0.29, 0.717) is 90.0 Å². The Balaban J connectivity index is 0.766. The van der Waals surface area contributed by atoms with Crippen LogP contribution in [0, 0.1) is 0 Å². The van der Waals surface area contributed by atoms with Gasteiger partial charge in [0.25, 0.3) is 23.3 Å². The second kappa shape index (κ2) is 18.0. The van der Waals surface area contributed by atoms with Crippen molar-refractivity contribution in [1.29, 1.82) is 0 Å². The number of halogens is 4. The fourth-order valence-electron chi connectivity index (χ4n) is 8.48. The molecule has 0 bridgehead atoms. The number of ether oxygens (including phenoxy) is 1. The van der Waals surface area contributed by atoms with E-state index in [4.69, 9.17) is 16.3 Å². The van der Waals surface area contributed by atoms with E-state index >= 15 is 0 Å². The number of benzene rings is 4. The highest BCUT2D eigenvalue weighted by Crippen LogP contribution is 2.34. The number of aromatic amines is 2. The summed E-state index contributed by atoms with van der Waals surface area (Å²) in [6.07, 6.45) is -3.77. The lowest BCUT2D eigenvalue weighted by Gasteiger charge is -2.34. The molecular weight excluding hydrogens is 883 g/mol. The van der Waals surface area contributed by atoms with Crippen molar-refractivity contribution >= 4 is 57.9 Å². The number of aromatic nitrogens is 4. The van der Waals surface area contributed by atoms with Gasteiger partial charge in [0.2, 0.25) is 17.8 Å². The predicted molar refractivity (Wildman–Crippen MR) is 235 cm³/mol. The van der Waals surface area contributed by atoms with Gasteiger partial charge in [0.15, 0.2) is 6.61 Å². The third-order valence-electron chi connectivity index (χ3n) is 12.0. The number of rotatable bonds is 13. The van der Waals surface area contributed by atoms with Gasteiger partial charge in [-0.3, -0.25) is 49.0 Å². The Morgan fingerprint density at radius 2 is 1.65 bits per heavy atom. The van der Waals surface area contributed by atoms with Crippen molar-refractivity contribution in [1.82, 2.24) is 39.8 Å². The number of amides is 5. The summed E-state index contributed by atoms with van der Waals surface area (Å²) >= 11 is 6.14. The molecule has 2 fully saturated rings. The molecule has 4 aromatic carbocycles. The van der Waals surface area contributed by atoms with E-state index in [1.54, 1.807) is 53.4 Å². The molecule has 4 N–H and O–H groups in total. The third kappa shape index (κ3) is 8.90. The summed E-state index contributed by atoms with van der Waals surface area (Å²) in [4.78, 5) is 90.1. The standard InChI is InChI=1S/C46H41ClF3N9O7/c47-29-11-15-33-35(24-29)53-45(52-33)59-43(64)32(40(55-59)27-7-9-28(10-8-27)46(48,49)50)14-6-26-4-12-30(13-5-26)66-25-38(61)57-22-20-56(21-23-57)19-18-51-34-3-1-2-31-39(34)44(65)58(42(31)63)36-16-17-37(60)54-41(36)62/h1-5,7-13,15,24,36,51,55H,6,14,16-23,25H2,(H,52,53)(H,54,60,62). The number of carbonyl (C=O) groups is 5. The van der Waals surface area contributed by atoms with Crippen molar-refractivity contribution in [2.75, 3.05) is 51.2 Å². The second-order valence-electron chi connectivity index (χ2n) is 16.2. The van der Waals surface area contributed by atoms with E-state index in [0.717, 1.165) is 22.6 Å². The normalized spacial score (nSPS) is 16.8. The molecule has 66 heavy (non-hydrogen) atoms. The van der Waals surface area contributed by atoms with Crippen LogP contribution in [0.15, 0.2) is 89.7 Å². The number of imide groups is 2. The molecule has 340 valence electrons. The van der Waals surface area contributed by atoms with Gasteiger partial charge >= 0.3 is 6.18 Å². The number of nitrogens with zero attached hydrogens (tertiary/aromatic N) is 5. The van der Waals surface area contributed by atoms with Gasteiger partial charge in [-0.05, 0) is 85.0 Å². The number of nitrogens with one attached hydrogen (secondary N) is 4. The summed E-state index contributed by atoms with van der Waals surface area (Å²) in [5, 5.41) is 8.99. The minimum atomic E-state index is -4.52. The topological polar surface area (TPSA) is 195 Å². The zero-order valence-electron chi connectivity index (χ0n) is 35.0. The van der Waals surface area contributed by atoms with Crippen LogP contribution in [0.4, 0.5) is 18.9 Å². The van der Waals surface area contributed by atoms with Gasteiger partial charge in [-0.15, -0.1) is 0 Å². The van der Waals surface area contributed by atoms with E-state index in [1.807, 2.05) is 12.1 Å². The first-order valence-electron chi connectivity index (χ1n) is 21.2. The van der Waals surface area contributed by atoms with Crippen molar-refractivity contribution in [3.63, 3.8) is 0 Å². The van der Waals surface area contributed by atoms with Crippen LogP contribution in [0.1, 0.15) is 50.2 Å². The fraction of sp³-hybridized carbons (Fsp3) is 0.283. The van der Waals surface area contributed by atoms with Crippen molar-refractivity contribution in [2.45, 2.75) is 37.9 Å². The van der Waals surface area contributed by atoms with E-state index in [-0.39, 0.29) is 48.9 Å². The number of hydrogen-bond acceptors (Lipinski definition) is 10. The molecule has 5 amide bonds. The molecule has 0 spiro atoms. The smallest absolute Gasteiger partial charge is 0.416 e. The number of aryl methyl sites for hydroxylation is 1. The highest BCUT2D eigenvalue weighted by atomic mass is 35.5. The van der Waals surface area contributed by atoms with E-state index in [2.05, 4.69) is 30.6 Å². The number of fused-ring (bicyclic) bond motifs is 2. The number of alkyl halides is 3. The van der Waals surface area contributed by atoms with E-state index in [9.17, 15) is 41.9 Å². The second-order valence-corrected chi connectivity index (χ2v) is 16.6. The first kappa shape index (κ1) is 44.0. The first-order valence-corrected chi connectivity index (χ1v) is 21.6. The third-order valence-corrected chi connectivity index (χ3v) is 12.3. The summed E-state index contributed by atoms with van der Waals surface area (Å²) in [6.45, 7) is 3.06. The largest absolute Gasteiger partial charge is 0.484 e. The van der Waals surface area contributed by atoms with Crippen LogP contribution in [0.3, 0.4) is 0 Å². The number of piperidine rings is 1. The fourth-order valence-corrected chi connectivity index (χ4v) is 8.65. The van der Waals surface area contributed by atoms with E-state index in [1.165, 1.54) is 16.8 Å². The maximum atomic E-state index is 13.9. The highest BCUT2D eigenvalue weighted by molar-refractivity contribution is 6.31. The molecule has 0 radical (unpaired) electrons. The van der Waals surface area contributed by atoms with Crippen molar-refractivity contribution in [3.8, 4) is 23.0 Å². The summed E-state index contributed by atoms with van der Waals surface area (Å²) in [5.74, 6) is -1.77. The molecule has 9 rings (SSSR count). The molecule has 5 heterocycles. The number of carbonyl (C=O) groups excluding carboxylic acids is 5. The van der Waals surface area contributed by atoms with Gasteiger partial charge in [-0.25, -0.2) is 4.98 Å². The van der Waals surface area contributed by atoms with Crippen LogP contribution >= 0.6 is 11.6 Å². The average Bonchev–Trinajstić information content (AvgIpc) is 3.95. The summed E-state index contributed by atoms with van der Waals surface area (Å²) < 4.78 is 47.2. The minimum absolute atomic E-state index is 0.0355. The SMILES string of the molecule is O=C1CCC(N2C(=O)c3cccc(NCCN4CCN(C(=O)COc5ccc(CCc6c(-c7ccc(C(F)(F)F)cc7)[nH]n(-c7nc8ccc(Cl)cc8[nH]7)c6=O)cc5)CC4)c3C2=O)C(=O)N1. The molecule has 0 saturated carbocycles. The lowest BCUT2D eigenvalue weighted by molar-refractivity contribution is -0.138. The molecule has 1 unspecified atom stereocenters. The zero-order valence-corrected chi connectivity index (χ0v) is 35.8. The van der Waals surface area contributed by atoms with Crippen LogP contribution in [-0.4, -0.2) is 116 Å². The quantitative estimate of drug-likeness (QED) is 0.112. The lowest BCUT2D eigenvalue weighted by Crippen LogP contribution is -2.54. The summed E-state index contributed by atoms with van der Waals surface area (Å²) in [7, 11) is 0. The minimum Gasteiger partial charge on any atom is -0.484 e. The molecular formula is C46H41ClF3N9O7. The Morgan fingerprint density at radius 3 is 2.38 bits per heavy atom. The van der Waals surface area contributed by atoms with Gasteiger partial charge in [0.1, 0.15) is 11.8 Å². The zero-order chi connectivity index (χ0) is 46.3. The molecule has 20 heteroatoms. The molecule has 1 atom stereocenters. The molecule has 2 aromatic heterocycles. The Hall–Kier alpha value is -7.25. The van der Waals surface area contributed by atoms with Gasteiger partial charge in [-0.1, -0.05) is 41.9 Å². The van der Waals surface area contributed by atoms with Crippen LogP contribution in [0.2, 0.25) is 5.02 Å². The summed E-state index contributed by atoms with van der Waals surface area (Å²) in [5.41, 5.74) is 2.77. The van der Waals surface area contributed by atoms with Crippen LogP contribution < -0.4 is 20.9 Å². The molecule has 16 nitrogen and oxygen atoms in total. The molecule has 0 aliphatic carbocycles. The molecule has 6 aromatic rings. The van der Waals surface area contributed by atoms with Crippen molar-refractivity contribution < 1.29 is 41.9 Å². The van der Waals surface area contributed by atoms with Gasteiger partial charge < -0.3 is 19.9 Å². The van der Waals surface area contributed by atoms with Crippen LogP contribution in [-0.2, 0) is 33.4 Å². The Morgan fingerprint density at radius 1 is 0.894 bits per heavy atom. The number of hydrogen-bond donors (Lipinski definition) is 4. The number of imidazole rings is 1. The maximum Gasteiger partial charge on any atom is 0.416 e. The average molecular weight is 924 g/mol.